The highest BCUT2D eigenvalue weighted by molar-refractivity contribution is 7.16. The minimum absolute atomic E-state index is 0.332. The number of likely N-dealkylation sites (N-methyl/N-ethyl adjacent to an activating group) is 1. The summed E-state index contributed by atoms with van der Waals surface area (Å²) in [6, 6.07) is 12.2. The number of hydrogen-bond acceptors (Lipinski definition) is 5. The van der Waals surface area contributed by atoms with Gasteiger partial charge in [-0.15, -0.1) is 11.3 Å². The Bertz CT molecular complexity index is 702. The molecule has 0 amide bonds. The normalized spacial score (nSPS) is 11.6. The summed E-state index contributed by atoms with van der Waals surface area (Å²) >= 11 is 1.65. The molecule has 0 fully saturated rings. The molecule has 0 spiro atoms. The highest BCUT2D eigenvalue weighted by Gasteiger charge is 2.06. The van der Waals surface area contributed by atoms with Gasteiger partial charge in [-0.05, 0) is 68.6 Å². The van der Waals surface area contributed by atoms with Crippen LogP contribution in [0.3, 0.4) is 0 Å². The van der Waals surface area contributed by atoms with Crippen molar-refractivity contribution in [3.05, 3.63) is 47.4 Å². The maximum absolute atomic E-state index is 11.3. The largest absolute Gasteiger partial charge is 0.492 e. The molecule has 0 N–H and O–H groups in total. The van der Waals surface area contributed by atoms with Crippen molar-refractivity contribution < 1.29 is 14.3 Å². The first-order chi connectivity index (χ1) is 11.5. The Morgan fingerprint density at radius 1 is 1.17 bits per heavy atom. The molecule has 1 aromatic carbocycles. The molecule has 24 heavy (non-hydrogen) atoms. The molecule has 0 saturated carbocycles. The monoisotopic (exact) mass is 345 g/mol. The zero-order valence-corrected chi connectivity index (χ0v) is 15.4. The Labute approximate surface area is 147 Å². The molecule has 0 aliphatic rings. The van der Waals surface area contributed by atoms with Gasteiger partial charge >= 0.3 is 5.97 Å². The zero-order valence-electron chi connectivity index (χ0n) is 14.5. The van der Waals surface area contributed by atoms with E-state index < -0.39 is 0 Å². The smallest absolute Gasteiger partial charge is 0.330 e. The number of carbonyl (C=O) groups is 1. The van der Waals surface area contributed by atoms with Crippen LogP contribution in [0.15, 0.2) is 42.5 Å². The number of nitrogens with zero attached hydrogens (tertiary/aromatic N) is 1. The first-order valence-corrected chi connectivity index (χ1v) is 8.55. The molecule has 0 aliphatic heterocycles. The van der Waals surface area contributed by atoms with Crippen LogP contribution >= 0.6 is 11.3 Å². The van der Waals surface area contributed by atoms with Gasteiger partial charge in [0.05, 0.1) is 7.11 Å². The van der Waals surface area contributed by atoms with Gasteiger partial charge < -0.3 is 14.4 Å². The van der Waals surface area contributed by atoms with Crippen molar-refractivity contribution in [2.24, 2.45) is 0 Å². The maximum atomic E-state index is 11.3. The second-order valence-electron chi connectivity index (χ2n) is 5.69. The molecular weight excluding hydrogens is 322 g/mol. The standard InChI is InChI=1S/C19H23NO3S/c1-14(13-19(21)22-4)17-9-10-18(24-17)15-5-7-16(8-6-15)23-12-11-20(2)3/h5-10,13H,11-12H2,1-4H3/b14-13+. The summed E-state index contributed by atoms with van der Waals surface area (Å²) in [6.07, 6.45) is 1.51. The molecule has 0 saturated heterocycles. The minimum atomic E-state index is -0.332. The Balaban J connectivity index is 2.05. The minimum Gasteiger partial charge on any atom is -0.492 e. The van der Waals surface area contributed by atoms with E-state index in [1.807, 2.05) is 39.2 Å². The molecule has 0 radical (unpaired) electrons. The molecule has 0 bridgehead atoms. The van der Waals surface area contributed by atoms with Crippen LogP contribution in [0.5, 0.6) is 5.75 Å². The molecular formula is C19H23NO3S. The number of rotatable bonds is 7. The molecule has 2 aromatic rings. The van der Waals surface area contributed by atoms with Crippen molar-refractivity contribution in [2.75, 3.05) is 34.4 Å². The Morgan fingerprint density at radius 2 is 1.88 bits per heavy atom. The number of esters is 1. The maximum Gasteiger partial charge on any atom is 0.330 e. The van der Waals surface area contributed by atoms with E-state index in [1.165, 1.54) is 13.2 Å². The van der Waals surface area contributed by atoms with E-state index in [0.29, 0.717) is 6.61 Å². The van der Waals surface area contributed by atoms with Crippen molar-refractivity contribution in [1.82, 2.24) is 4.90 Å². The Morgan fingerprint density at radius 3 is 2.50 bits per heavy atom. The first-order valence-electron chi connectivity index (χ1n) is 7.74. The van der Waals surface area contributed by atoms with Crippen LogP contribution in [0.4, 0.5) is 0 Å². The Hall–Kier alpha value is -2.11. The van der Waals surface area contributed by atoms with Gasteiger partial charge in [0, 0.05) is 22.4 Å². The summed E-state index contributed by atoms with van der Waals surface area (Å²) in [5.74, 6) is 0.542. The third kappa shape index (κ3) is 5.22. The lowest BCUT2D eigenvalue weighted by Crippen LogP contribution is -2.19. The van der Waals surface area contributed by atoms with Crippen LogP contribution in [-0.2, 0) is 9.53 Å². The second-order valence-corrected chi connectivity index (χ2v) is 6.77. The van der Waals surface area contributed by atoms with Crippen molar-refractivity contribution in [3.8, 4) is 16.2 Å². The lowest BCUT2D eigenvalue weighted by Gasteiger charge is -2.11. The SMILES string of the molecule is COC(=O)/C=C(\C)c1ccc(-c2ccc(OCCN(C)C)cc2)s1. The van der Waals surface area contributed by atoms with Crippen LogP contribution in [-0.4, -0.2) is 45.2 Å². The van der Waals surface area contributed by atoms with E-state index in [0.717, 1.165) is 33.2 Å². The lowest BCUT2D eigenvalue weighted by molar-refractivity contribution is -0.134. The number of hydrogen-bond donors (Lipinski definition) is 0. The quantitative estimate of drug-likeness (QED) is 0.563. The van der Waals surface area contributed by atoms with Gasteiger partial charge in [-0.3, -0.25) is 0 Å². The Kier molecular flexibility index (Phi) is 6.58. The summed E-state index contributed by atoms with van der Waals surface area (Å²) in [5, 5.41) is 0. The molecule has 5 heteroatoms. The first kappa shape index (κ1) is 18.2. The second kappa shape index (κ2) is 8.66. The molecule has 1 heterocycles. The highest BCUT2D eigenvalue weighted by Crippen LogP contribution is 2.32. The van der Waals surface area contributed by atoms with Crippen LogP contribution in [0.1, 0.15) is 11.8 Å². The third-order valence-corrected chi connectivity index (χ3v) is 4.75. The number of thiophene rings is 1. The fourth-order valence-electron chi connectivity index (χ4n) is 2.07. The predicted molar refractivity (Wildman–Crippen MR) is 99.5 cm³/mol. The molecule has 1 aromatic heterocycles. The van der Waals surface area contributed by atoms with E-state index in [1.54, 1.807) is 11.3 Å². The number of ether oxygens (including phenoxy) is 2. The van der Waals surface area contributed by atoms with Crippen molar-refractivity contribution >= 4 is 22.9 Å². The van der Waals surface area contributed by atoms with Gasteiger partial charge in [0.2, 0.25) is 0 Å². The number of carbonyl (C=O) groups excluding carboxylic acids is 1. The molecule has 128 valence electrons. The van der Waals surface area contributed by atoms with E-state index in [-0.39, 0.29) is 5.97 Å². The van der Waals surface area contributed by atoms with E-state index in [9.17, 15) is 4.79 Å². The number of allylic oxidation sites excluding steroid dienone is 1. The number of methoxy groups -OCH3 is 1. The van der Waals surface area contributed by atoms with Crippen LogP contribution in [0.2, 0.25) is 0 Å². The summed E-state index contributed by atoms with van der Waals surface area (Å²) in [6.45, 7) is 3.48. The predicted octanol–water partition coefficient (Wildman–Crippen LogP) is 3.93. The van der Waals surface area contributed by atoms with Gasteiger partial charge in [0.15, 0.2) is 0 Å². The fourth-order valence-corrected chi connectivity index (χ4v) is 3.06. The molecule has 2 rings (SSSR count). The van der Waals surface area contributed by atoms with E-state index in [4.69, 9.17) is 4.74 Å². The van der Waals surface area contributed by atoms with Gasteiger partial charge in [0.25, 0.3) is 0 Å². The average Bonchev–Trinajstić information content (AvgIpc) is 3.05. The van der Waals surface area contributed by atoms with Gasteiger partial charge in [-0.25, -0.2) is 4.79 Å². The van der Waals surface area contributed by atoms with Crippen LogP contribution in [0, 0.1) is 0 Å². The van der Waals surface area contributed by atoms with E-state index in [2.05, 4.69) is 27.8 Å². The fraction of sp³-hybridized carbons (Fsp3) is 0.316. The van der Waals surface area contributed by atoms with Crippen LogP contribution in [0.25, 0.3) is 16.0 Å². The van der Waals surface area contributed by atoms with Crippen molar-refractivity contribution in [3.63, 3.8) is 0 Å². The summed E-state index contributed by atoms with van der Waals surface area (Å²) in [4.78, 5) is 15.6. The number of benzene rings is 1. The zero-order chi connectivity index (χ0) is 17.5. The van der Waals surface area contributed by atoms with Gasteiger partial charge in [-0.2, -0.15) is 0 Å². The summed E-state index contributed by atoms with van der Waals surface area (Å²) in [5.41, 5.74) is 2.04. The van der Waals surface area contributed by atoms with Crippen LogP contribution < -0.4 is 4.74 Å². The highest BCUT2D eigenvalue weighted by atomic mass is 32.1. The van der Waals surface area contributed by atoms with Gasteiger partial charge in [0.1, 0.15) is 12.4 Å². The van der Waals surface area contributed by atoms with Gasteiger partial charge in [-0.1, -0.05) is 0 Å². The molecule has 0 aliphatic carbocycles. The van der Waals surface area contributed by atoms with Crippen molar-refractivity contribution in [1.29, 1.82) is 0 Å². The van der Waals surface area contributed by atoms with Crippen molar-refractivity contribution in [2.45, 2.75) is 6.92 Å². The summed E-state index contributed by atoms with van der Waals surface area (Å²) < 4.78 is 10.4. The third-order valence-electron chi connectivity index (χ3n) is 3.48. The molecule has 0 unspecified atom stereocenters. The topological polar surface area (TPSA) is 38.8 Å². The summed E-state index contributed by atoms with van der Waals surface area (Å²) in [7, 11) is 5.43. The average molecular weight is 345 g/mol. The van der Waals surface area contributed by atoms with E-state index >= 15 is 0 Å². The lowest BCUT2D eigenvalue weighted by atomic mass is 10.2. The molecule has 0 atom stereocenters. The molecule has 4 nitrogen and oxygen atoms in total.